The van der Waals surface area contributed by atoms with Gasteiger partial charge in [-0.25, -0.2) is 0 Å². The Kier molecular flexibility index (Phi) is 3.88. The van der Waals surface area contributed by atoms with Crippen molar-refractivity contribution in [3.05, 3.63) is 29.3 Å². The molecular weight excluding hydrogens is 210 g/mol. The van der Waals surface area contributed by atoms with Crippen LogP contribution in [0.1, 0.15) is 45.7 Å². The van der Waals surface area contributed by atoms with Crippen molar-refractivity contribution in [3.8, 4) is 5.75 Å². The molecule has 1 rings (SSSR count). The first-order valence-electron chi connectivity index (χ1n) is 6.16. The average Bonchev–Trinajstić information content (AvgIpc) is 2.19. The summed E-state index contributed by atoms with van der Waals surface area (Å²) in [5.74, 6) is 0.943. The number of rotatable bonds is 3. The maximum atomic E-state index is 6.04. The van der Waals surface area contributed by atoms with Crippen LogP contribution in [-0.2, 0) is 5.41 Å². The van der Waals surface area contributed by atoms with E-state index in [4.69, 9.17) is 10.5 Å². The highest BCUT2D eigenvalue weighted by Crippen LogP contribution is 2.33. The summed E-state index contributed by atoms with van der Waals surface area (Å²) in [6.45, 7) is 13.2. The largest absolute Gasteiger partial charge is 0.486 e. The summed E-state index contributed by atoms with van der Waals surface area (Å²) in [5, 5.41) is 0. The Morgan fingerprint density at radius 3 is 2.18 bits per heavy atom. The highest BCUT2D eigenvalue weighted by atomic mass is 16.5. The van der Waals surface area contributed by atoms with E-state index in [9.17, 15) is 0 Å². The van der Waals surface area contributed by atoms with E-state index in [1.807, 2.05) is 19.9 Å². The van der Waals surface area contributed by atoms with Crippen molar-refractivity contribution in [1.29, 1.82) is 0 Å². The standard InChI is InChI=1S/C15H25NO/c1-11-7-8-13(17-15(5,6)10-16)12(9-11)14(2,3)4/h7-9H,10,16H2,1-6H3. The summed E-state index contributed by atoms with van der Waals surface area (Å²) >= 11 is 0. The molecule has 0 amide bonds. The molecule has 0 saturated heterocycles. The van der Waals surface area contributed by atoms with Gasteiger partial charge in [0.05, 0.1) is 0 Å². The molecule has 0 aliphatic heterocycles. The number of benzene rings is 1. The Balaban J connectivity index is 3.16. The molecular formula is C15H25NO. The molecule has 0 spiro atoms. The zero-order valence-corrected chi connectivity index (χ0v) is 11.9. The molecule has 2 N–H and O–H groups in total. The summed E-state index contributed by atoms with van der Waals surface area (Å²) in [7, 11) is 0. The van der Waals surface area contributed by atoms with E-state index in [1.165, 1.54) is 11.1 Å². The minimum atomic E-state index is -0.324. The topological polar surface area (TPSA) is 35.2 Å². The molecule has 1 aromatic carbocycles. The van der Waals surface area contributed by atoms with Gasteiger partial charge in [-0.1, -0.05) is 38.5 Å². The van der Waals surface area contributed by atoms with Crippen molar-refractivity contribution < 1.29 is 4.74 Å². The molecule has 1 aromatic rings. The third kappa shape index (κ3) is 3.74. The third-order valence-electron chi connectivity index (χ3n) is 2.82. The molecule has 0 heterocycles. The molecule has 0 fully saturated rings. The molecule has 2 nitrogen and oxygen atoms in total. The smallest absolute Gasteiger partial charge is 0.123 e. The van der Waals surface area contributed by atoms with Crippen LogP contribution in [0, 0.1) is 6.92 Å². The lowest BCUT2D eigenvalue weighted by Gasteiger charge is -2.30. The minimum Gasteiger partial charge on any atom is -0.486 e. The molecule has 0 saturated carbocycles. The van der Waals surface area contributed by atoms with Gasteiger partial charge in [0, 0.05) is 6.54 Å². The summed E-state index contributed by atoms with van der Waals surface area (Å²) in [6.07, 6.45) is 0. The van der Waals surface area contributed by atoms with Gasteiger partial charge < -0.3 is 10.5 Å². The molecule has 0 aliphatic carbocycles. The summed E-state index contributed by atoms with van der Waals surface area (Å²) in [4.78, 5) is 0. The van der Waals surface area contributed by atoms with E-state index < -0.39 is 0 Å². The number of hydrogen-bond donors (Lipinski definition) is 1. The van der Waals surface area contributed by atoms with E-state index >= 15 is 0 Å². The van der Waals surface area contributed by atoms with Crippen molar-refractivity contribution in [2.75, 3.05) is 6.54 Å². The highest BCUT2D eigenvalue weighted by molar-refractivity contribution is 5.41. The van der Waals surface area contributed by atoms with Crippen molar-refractivity contribution in [3.63, 3.8) is 0 Å². The number of ether oxygens (including phenoxy) is 1. The van der Waals surface area contributed by atoms with Crippen LogP contribution in [0.5, 0.6) is 5.75 Å². The lowest BCUT2D eigenvalue weighted by molar-refractivity contribution is 0.116. The van der Waals surface area contributed by atoms with Crippen molar-refractivity contribution in [2.45, 2.75) is 52.6 Å². The van der Waals surface area contributed by atoms with Gasteiger partial charge in [0.2, 0.25) is 0 Å². The lowest BCUT2D eigenvalue weighted by Crippen LogP contribution is -2.37. The van der Waals surface area contributed by atoms with E-state index in [0.717, 1.165) is 5.75 Å². The van der Waals surface area contributed by atoms with E-state index in [2.05, 4.69) is 39.8 Å². The molecule has 0 radical (unpaired) electrons. The third-order valence-corrected chi connectivity index (χ3v) is 2.82. The van der Waals surface area contributed by atoms with Crippen LogP contribution in [0.25, 0.3) is 0 Å². The van der Waals surface area contributed by atoms with Gasteiger partial charge in [0.15, 0.2) is 0 Å². The van der Waals surface area contributed by atoms with Gasteiger partial charge in [-0.3, -0.25) is 0 Å². The fourth-order valence-electron chi connectivity index (χ4n) is 1.66. The Bertz CT molecular complexity index is 388. The molecule has 0 bridgehead atoms. The van der Waals surface area contributed by atoms with Crippen LogP contribution in [0.4, 0.5) is 0 Å². The SMILES string of the molecule is Cc1ccc(OC(C)(C)CN)c(C(C)(C)C)c1. The first kappa shape index (κ1) is 14.0. The van der Waals surface area contributed by atoms with E-state index in [1.54, 1.807) is 0 Å². The highest BCUT2D eigenvalue weighted by Gasteiger charge is 2.24. The van der Waals surface area contributed by atoms with Crippen LogP contribution < -0.4 is 10.5 Å². The van der Waals surface area contributed by atoms with Crippen LogP contribution >= 0.6 is 0 Å². The predicted molar refractivity (Wildman–Crippen MR) is 73.6 cm³/mol. The fourth-order valence-corrected chi connectivity index (χ4v) is 1.66. The second kappa shape index (κ2) is 4.69. The Morgan fingerprint density at radius 2 is 1.71 bits per heavy atom. The maximum Gasteiger partial charge on any atom is 0.123 e. The van der Waals surface area contributed by atoms with Crippen molar-refractivity contribution >= 4 is 0 Å². The second-order valence-electron chi connectivity index (χ2n) is 6.32. The molecule has 0 unspecified atom stereocenters. The first-order valence-corrected chi connectivity index (χ1v) is 6.16. The molecule has 17 heavy (non-hydrogen) atoms. The number of aryl methyl sites for hydroxylation is 1. The summed E-state index contributed by atoms with van der Waals surface area (Å²) in [5.41, 5.74) is 7.96. The van der Waals surface area contributed by atoms with Crippen molar-refractivity contribution in [2.24, 2.45) is 5.73 Å². The van der Waals surface area contributed by atoms with Crippen LogP contribution in [0.2, 0.25) is 0 Å². The lowest BCUT2D eigenvalue weighted by atomic mass is 9.85. The molecule has 0 aliphatic rings. The Labute approximate surface area is 105 Å². The van der Waals surface area contributed by atoms with E-state index in [0.29, 0.717) is 6.54 Å². The number of hydrogen-bond acceptors (Lipinski definition) is 2. The van der Waals surface area contributed by atoms with E-state index in [-0.39, 0.29) is 11.0 Å². The van der Waals surface area contributed by atoms with Gasteiger partial charge >= 0.3 is 0 Å². The van der Waals surface area contributed by atoms with Crippen LogP contribution in [0.15, 0.2) is 18.2 Å². The monoisotopic (exact) mass is 235 g/mol. The zero-order chi connectivity index (χ0) is 13.3. The minimum absolute atomic E-state index is 0.0754. The molecule has 0 aromatic heterocycles. The Morgan fingerprint density at radius 1 is 1.12 bits per heavy atom. The normalized spacial score (nSPS) is 12.6. The van der Waals surface area contributed by atoms with Gasteiger partial charge in [-0.15, -0.1) is 0 Å². The zero-order valence-electron chi connectivity index (χ0n) is 11.9. The van der Waals surface area contributed by atoms with Crippen LogP contribution in [-0.4, -0.2) is 12.1 Å². The van der Waals surface area contributed by atoms with Gasteiger partial charge in [0.25, 0.3) is 0 Å². The quantitative estimate of drug-likeness (QED) is 0.871. The van der Waals surface area contributed by atoms with Gasteiger partial charge in [0.1, 0.15) is 11.4 Å². The maximum absolute atomic E-state index is 6.04. The predicted octanol–water partition coefficient (Wildman–Crippen LogP) is 3.41. The number of nitrogens with two attached hydrogens (primary N) is 1. The summed E-state index contributed by atoms with van der Waals surface area (Å²) in [6, 6.07) is 6.33. The average molecular weight is 235 g/mol. The summed E-state index contributed by atoms with van der Waals surface area (Å²) < 4.78 is 6.04. The Hall–Kier alpha value is -1.02. The second-order valence-corrected chi connectivity index (χ2v) is 6.32. The first-order chi connectivity index (χ1) is 7.65. The fraction of sp³-hybridized carbons (Fsp3) is 0.600. The molecule has 96 valence electrons. The molecule has 2 heteroatoms. The van der Waals surface area contributed by atoms with Crippen molar-refractivity contribution in [1.82, 2.24) is 0 Å². The van der Waals surface area contributed by atoms with Crippen LogP contribution in [0.3, 0.4) is 0 Å². The van der Waals surface area contributed by atoms with Gasteiger partial charge in [-0.05, 0) is 37.8 Å². The molecule has 0 atom stereocenters. The van der Waals surface area contributed by atoms with Gasteiger partial charge in [-0.2, -0.15) is 0 Å².